The Morgan fingerprint density at radius 1 is 1.20 bits per heavy atom. The minimum atomic E-state index is -0.570. The topological polar surface area (TPSA) is 68.2 Å². The lowest BCUT2D eigenvalue weighted by molar-refractivity contribution is 0.259. The van der Waals surface area contributed by atoms with Gasteiger partial charge in [-0.3, -0.25) is 4.90 Å². The van der Waals surface area contributed by atoms with Crippen molar-refractivity contribution in [3.05, 3.63) is 47.6 Å². The van der Waals surface area contributed by atoms with Crippen molar-refractivity contribution in [2.24, 2.45) is 5.73 Å². The van der Waals surface area contributed by atoms with Crippen molar-refractivity contribution < 1.29 is 4.52 Å². The SMILES string of the molecule is CN(Cc1ccccc1)Cc1nc(C(C)(C)N)no1.Cl. The lowest BCUT2D eigenvalue weighted by Gasteiger charge is -2.14. The summed E-state index contributed by atoms with van der Waals surface area (Å²) in [6.07, 6.45) is 0. The first-order chi connectivity index (χ1) is 8.95. The maximum atomic E-state index is 5.93. The molecular formula is C14H21ClN4O. The molecule has 2 aromatic rings. The van der Waals surface area contributed by atoms with Crippen molar-refractivity contribution in [3.63, 3.8) is 0 Å². The molecule has 1 heterocycles. The third-order valence-electron chi connectivity index (χ3n) is 2.74. The van der Waals surface area contributed by atoms with Crippen LogP contribution in [0.5, 0.6) is 0 Å². The number of nitrogens with zero attached hydrogens (tertiary/aromatic N) is 3. The summed E-state index contributed by atoms with van der Waals surface area (Å²) < 4.78 is 5.22. The first-order valence-corrected chi connectivity index (χ1v) is 6.29. The highest BCUT2D eigenvalue weighted by Gasteiger charge is 2.21. The lowest BCUT2D eigenvalue weighted by Crippen LogP contribution is -2.30. The molecular weight excluding hydrogens is 276 g/mol. The molecule has 0 spiro atoms. The van der Waals surface area contributed by atoms with E-state index in [0.29, 0.717) is 18.3 Å². The smallest absolute Gasteiger partial charge is 0.240 e. The summed E-state index contributed by atoms with van der Waals surface area (Å²) in [5.41, 5.74) is 6.61. The van der Waals surface area contributed by atoms with Crippen molar-refractivity contribution >= 4 is 12.4 Å². The standard InChI is InChI=1S/C14H20N4O.ClH/c1-14(2,15)13-16-12(19-17-13)10-18(3)9-11-7-5-4-6-8-11;/h4-8H,9-10,15H2,1-3H3;1H. The van der Waals surface area contributed by atoms with Crippen LogP contribution >= 0.6 is 12.4 Å². The van der Waals surface area contributed by atoms with Gasteiger partial charge in [0.05, 0.1) is 12.1 Å². The molecule has 0 aliphatic heterocycles. The molecule has 5 nitrogen and oxygen atoms in total. The van der Waals surface area contributed by atoms with E-state index in [9.17, 15) is 0 Å². The predicted octanol–water partition coefficient (Wildman–Crippen LogP) is 2.32. The van der Waals surface area contributed by atoms with Gasteiger partial charge in [0, 0.05) is 6.54 Å². The van der Waals surface area contributed by atoms with Gasteiger partial charge < -0.3 is 10.3 Å². The molecule has 0 unspecified atom stereocenters. The van der Waals surface area contributed by atoms with Gasteiger partial charge in [0.2, 0.25) is 5.89 Å². The quantitative estimate of drug-likeness (QED) is 0.917. The minimum absolute atomic E-state index is 0. The van der Waals surface area contributed by atoms with E-state index in [1.165, 1.54) is 5.56 Å². The van der Waals surface area contributed by atoms with Crippen molar-refractivity contribution in [2.75, 3.05) is 7.05 Å². The molecule has 0 saturated heterocycles. The van der Waals surface area contributed by atoms with E-state index < -0.39 is 5.54 Å². The van der Waals surface area contributed by atoms with Gasteiger partial charge in [-0.25, -0.2) is 0 Å². The Hall–Kier alpha value is -1.43. The molecule has 1 aromatic heterocycles. The van der Waals surface area contributed by atoms with Crippen LogP contribution in [-0.4, -0.2) is 22.1 Å². The Morgan fingerprint density at radius 3 is 2.40 bits per heavy atom. The number of halogens is 1. The zero-order chi connectivity index (χ0) is 13.9. The van der Waals surface area contributed by atoms with Crippen LogP contribution in [0.2, 0.25) is 0 Å². The molecule has 2 N–H and O–H groups in total. The van der Waals surface area contributed by atoms with Crippen molar-refractivity contribution in [3.8, 4) is 0 Å². The monoisotopic (exact) mass is 296 g/mol. The van der Waals surface area contributed by atoms with Gasteiger partial charge in [0.1, 0.15) is 0 Å². The van der Waals surface area contributed by atoms with E-state index in [1.54, 1.807) is 0 Å². The van der Waals surface area contributed by atoms with Crippen LogP contribution in [0.1, 0.15) is 31.1 Å². The maximum absolute atomic E-state index is 5.93. The normalized spacial score (nSPS) is 11.4. The van der Waals surface area contributed by atoms with Crippen molar-refractivity contribution in [2.45, 2.75) is 32.5 Å². The summed E-state index contributed by atoms with van der Waals surface area (Å²) in [4.78, 5) is 6.44. The van der Waals surface area contributed by atoms with Gasteiger partial charge in [0.15, 0.2) is 5.82 Å². The molecule has 6 heteroatoms. The third kappa shape index (κ3) is 4.59. The third-order valence-corrected chi connectivity index (χ3v) is 2.74. The molecule has 1 aromatic carbocycles. The van der Waals surface area contributed by atoms with Gasteiger partial charge in [-0.1, -0.05) is 35.5 Å². The Balaban J connectivity index is 0.00000200. The average Bonchev–Trinajstić information content (AvgIpc) is 2.78. The van der Waals surface area contributed by atoms with Crippen LogP contribution in [0, 0.1) is 0 Å². The average molecular weight is 297 g/mol. The van der Waals surface area contributed by atoms with Crippen LogP contribution in [0.3, 0.4) is 0 Å². The summed E-state index contributed by atoms with van der Waals surface area (Å²) in [6.45, 7) is 5.16. The summed E-state index contributed by atoms with van der Waals surface area (Å²) in [5, 5.41) is 3.91. The fraction of sp³-hybridized carbons (Fsp3) is 0.429. The largest absolute Gasteiger partial charge is 0.338 e. The second-order valence-corrected chi connectivity index (χ2v) is 5.39. The van der Waals surface area contributed by atoms with Crippen molar-refractivity contribution in [1.82, 2.24) is 15.0 Å². The minimum Gasteiger partial charge on any atom is -0.338 e. The number of rotatable bonds is 5. The van der Waals surface area contributed by atoms with Crippen LogP contribution < -0.4 is 5.73 Å². The first kappa shape index (κ1) is 16.6. The number of hydrogen-bond donors (Lipinski definition) is 1. The molecule has 0 fully saturated rings. The fourth-order valence-electron chi connectivity index (χ4n) is 1.76. The molecule has 0 amide bonds. The van der Waals surface area contributed by atoms with Gasteiger partial charge >= 0.3 is 0 Å². The number of nitrogens with two attached hydrogens (primary N) is 1. The van der Waals surface area contributed by atoms with Crippen LogP contribution in [0.25, 0.3) is 0 Å². The Labute approximate surface area is 125 Å². The number of aromatic nitrogens is 2. The highest BCUT2D eigenvalue weighted by Crippen LogP contribution is 2.13. The zero-order valence-corrected chi connectivity index (χ0v) is 12.9. The zero-order valence-electron chi connectivity index (χ0n) is 12.0. The molecule has 110 valence electrons. The second-order valence-electron chi connectivity index (χ2n) is 5.39. The fourth-order valence-corrected chi connectivity index (χ4v) is 1.76. The lowest BCUT2D eigenvalue weighted by atomic mass is 10.1. The van der Waals surface area contributed by atoms with Gasteiger partial charge in [0.25, 0.3) is 0 Å². The summed E-state index contributed by atoms with van der Waals surface area (Å²) in [5.74, 6) is 1.13. The summed E-state index contributed by atoms with van der Waals surface area (Å²) in [6, 6.07) is 10.3. The van der Waals surface area contributed by atoms with Crippen LogP contribution in [-0.2, 0) is 18.6 Å². The number of benzene rings is 1. The first-order valence-electron chi connectivity index (χ1n) is 6.29. The van der Waals surface area contributed by atoms with E-state index in [-0.39, 0.29) is 12.4 Å². The van der Waals surface area contributed by atoms with Gasteiger partial charge in [-0.2, -0.15) is 4.98 Å². The Bertz CT molecular complexity index is 521. The molecule has 0 radical (unpaired) electrons. The van der Waals surface area contributed by atoms with E-state index in [4.69, 9.17) is 10.3 Å². The number of hydrogen-bond acceptors (Lipinski definition) is 5. The summed E-state index contributed by atoms with van der Waals surface area (Å²) >= 11 is 0. The predicted molar refractivity (Wildman–Crippen MR) is 80.4 cm³/mol. The van der Waals surface area contributed by atoms with Gasteiger partial charge in [-0.05, 0) is 26.5 Å². The van der Waals surface area contributed by atoms with Gasteiger partial charge in [-0.15, -0.1) is 12.4 Å². The molecule has 2 rings (SSSR count). The highest BCUT2D eigenvalue weighted by atomic mass is 35.5. The van der Waals surface area contributed by atoms with E-state index in [2.05, 4.69) is 27.2 Å². The molecule has 0 bridgehead atoms. The maximum Gasteiger partial charge on any atom is 0.240 e. The second kappa shape index (κ2) is 6.83. The summed E-state index contributed by atoms with van der Waals surface area (Å²) in [7, 11) is 2.02. The van der Waals surface area contributed by atoms with Crippen LogP contribution in [0.4, 0.5) is 0 Å². The Morgan fingerprint density at radius 2 is 1.85 bits per heavy atom. The molecule has 20 heavy (non-hydrogen) atoms. The molecule has 0 aliphatic rings. The van der Waals surface area contributed by atoms with E-state index in [0.717, 1.165) is 6.54 Å². The highest BCUT2D eigenvalue weighted by molar-refractivity contribution is 5.85. The molecule has 0 atom stereocenters. The Kier molecular flexibility index (Phi) is 5.68. The molecule has 0 saturated carbocycles. The van der Waals surface area contributed by atoms with Crippen LogP contribution in [0.15, 0.2) is 34.9 Å². The van der Waals surface area contributed by atoms with E-state index in [1.807, 2.05) is 39.1 Å². The van der Waals surface area contributed by atoms with E-state index >= 15 is 0 Å². The molecule has 0 aliphatic carbocycles. The van der Waals surface area contributed by atoms with Crippen molar-refractivity contribution in [1.29, 1.82) is 0 Å².